The van der Waals surface area contributed by atoms with Gasteiger partial charge >= 0.3 is 12.3 Å². The molecule has 1 aliphatic rings. The van der Waals surface area contributed by atoms with Gasteiger partial charge in [0.1, 0.15) is 18.6 Å². The first-order valence-electron chi connectivity index (χ1n) is 9.63. The van der Waals surface area contributed by atoms with Crippen LogP contribution < -0.4 is 15.5 Å². The van der Waals surface area contributed by atoms with Gasteiger partial charge in [0.25, 0.3) is 5.91 Å². The lowest BCUT2D eigenvalue weighted by atomic mass is 10.1. The molecule has 0 spiro atoms. The predicted molar refractivity (Wildman–Crippen MR) is 108 cm³/mol. The Morgan fingerprint density at radius 3 is 2.61 bits per heavy atom. The zero-order valence-electron chi connectivity index (χ0n) is 16.9. The van der Waals surface area contributed by atoms with Crippen LogP contribution in [0.2, 0.25) is 0 Å². The number of pyridine rings is 1. The first-order valence-corrected chi connectivity index (χ1v) is 10.5. The van der Waals surface area contributed by atoms with Gasteiger partial charge in [0.2, 0.25) is 0 Å². The first-order chi connectivity index (χ1) is 14.6. The van der Waals surface area contributed by atoms with Gasteiger partial charge in [-0.3, -0.25) is 4.79 Å². The Balaban J connectivity index is 1.80. The summed E-state index contributed by atoms with van der Waals surface area (Å²) in [5.74, 6) is -0.401. The van der Waals surface area contributed by atoms with E-state index in [1.54, 1.807) is 4.90 Å². The molecule has 0 bridgehead atoms. The van der Waals surface area contributed by atoms with Crippen molar-refractivity contribution in [1.82, 2.24) is 15.6 Å². The number of carbonyl (C=O) groups is 2. The molecule has 0 unspecified atom stereocenters. The van der Waals surface area contributed by atoms with Crippen molar-refractivity contribution in [3.8, 4) is 0 Å². The van der Waals surface area contributed by atoms with E-state index < -0.39 is 42.6 Å². The highest BCUT2D eigenvalue weighted by Crippen LogP contribution is 2.40. The van der Waals surface area contributed by atoms with Crippen molar-refractivity contribution in [2.75, 3.05) is 31.7 Å². The molecule has 31 heavy (non-hydrogen) atoms. The van der Waals surface area contributed by atoms with Crippen LogP contribution >= 0.6 is 11.3 Å². The summed E-state index contributed by atoms with van der Waals surface area (Å²) in [6.07, 6.45) is -5.00. The van der Waals surface area contributed by atoms with Crippen LogP contribution in [0.4, 0.5) is 28.2 Å². The normalized spacial score (nSPS) is 16.3. The summed E-state index contributed by atoms with van der Waals surface area (Å²) in [4.78, 5) is 29.8. The molecule has 1 aliphatic heterocycles. The standard InChI is InChI=1S/C19H22F4N4O3S/c1-10(8-20)25-18(29)30-11-3-5-27(6-4-11)14-7-13(19(21,22)23)16-15(26-14)12(9-31-16)17(28)24-2/h7,9-11H,3-6,8H2,1-2H3,(H,24,28)(H,25,29)/t10-/m1/s1. The van der Waals surface area contributed by atoms with Crippen LogP contribution in [0.3, 0.4) is 0 Å². The molecule has 170 valence electrons. The Kier molecular flexibility index (Phi) is 6.87. The maximum absolute atomic E-state index is 13.7. The number of ether oxygens (including phenoxy) is 1. The summed E-state index contributed by atoms with van der Waals surface area (Å²) >= 11 is 0.827. The molecule has 0 aliphatic carbocycles. The van der Waals surface area contributed by atoms with Gasteiger partial charge in [0, 0.05) is 38.4 Å². The second-order valence-electron chi connectivity index (χ2n) is 7.22. The summed E-state index contributed by atoms with van der Waals surface area (Å²) in [5, 5.41) is 6.14. The number of fused-ring (bicyclic) bond motifs is 1. The molecule has 2 N–H and O–H groups in total. The number of nitrogens with one attached hydrogen (secondary N) is 2. The third-order valence-electron chi connectivity index (χ3n) is 4.92. The first kappa shape index (κ1) is 23.0. The fourth-order valence-corrected chi connectivity index (χ4v) is 4.31. The van der Waals surface area contributed by atoms with E-state index in [9.17, 15) is 27.2 Å². The summed E-state index contributed by atoms with van der Waals surface area (Å²) in [6, 6.07) is 0.327. The number of thiophene rings is 1. The van der Waals surface area contributed by atoms with E-state index in [0.717, 1.165) is 17.4 Å². The lowest BCUT2D eigenvalue weighted by Crippen LogP contribution is -2.42. The quantitative estimate of drug-likeness (QED) is 0.662. The van der Waals surface area contributed by atoms with Gasteiger partial charge in [-0.05, 0) is 13.0 Å². The molecule has 3 rings (SSSR count). The van der Waals surface area contributed by atoms with Crippen molar-refractivity contribution in [3.63, 3.8) is 0 Å². The molecule has 0 aromatic carbocycles. The Labute approximate surface area is 179 Å². The predicted octanol–water partition coefficient (Wildman–Crippen LogP) is 3.73. The highest BCUT2D eigenvalue weighted by atomic mass is 32.1. The van der Waals surface area contributed by atoms with Crippen molar-refractivity contribution >= 4 is 39.4 Å². The van der Waals surface area contributed by atoms with Gasteiger partial charge in [0.15, 0.2) is 0 Å². The molecule has 7 nitrogen and oxygen atoms in total. The SMILES string of the molecule is CNC(=O)c1csc2c(C(F)(F)F)cc(N3CCC(OC(=O)N[C@H](C)CF)CC3)nc12. The van der Waals surface area contributed by atoms with Crippen LogP contribution in [0, 0.1) is 0 Å². The summed E-state index contributed by atoms with van der Waals surface area (Å²) < 4.78 is 58.6. The van der Waals surface area contributed by atoms with Crippen LogP contribution in [0.5, 0.6) is 0 Å². The Bertz CT molecular complexity index is 958. The van der Waals surface area contributed by atoms with Gasteiger partial charge < -0.3 is 20.3 Å². The minimum Gasteiger partial charge on any atom is -0.446 e. The maximum Gasteiger partial charge on any atom is 0.417 e. The van der Waals surface area contributed by atoms with E-state index in [1.165, 1.54) is 19.4 Å². The smallest absolute Gasteiger partial charge is 0.417 e. The number of hydrogen-bond acceptors (Lipinski definition) is 6. The van der Waals surface area contributed by atoms with Crippen LogP contribution in [0.25, 0.3) is 10.2 Å². The van der Waals surface area contributed by atoms with Crippen molar-refractivity contribution in [1.29, 1.82) is 0 Å². The van der Waals surface area contributed by atoms with Crippen molar-refractivity contribution in [2.24, 2.45) is 0 Å². The van der Waals surface area contributed by atoms with Gasteiger partial charge in [0.05, 0.1) is 27.4 Å². The fraction of sp³-hybridized carbons (Fsp3) is 0.526. The van der Waals surface area contributed by atoms with E-state index in [0.29, 0.717) is 25.9 Å². The molecule has 0 radical (unpaired) electrons. The van der Waals surface area contributed by atoms with E-state index in [4.69, 9.17) is 4.74 Å². The molecule has 2 aromatic heterocycles. The van der Waals surface area contributed by atoms with Crippen LogP contribution in [0.15, 0.2) is 11.4 Å². The number of nitrogens with zero attached hydrogens (tertiary/aromatic N) is 2. The lowest BCUT2D eigenvalue weighted by molar-refractivity contribution is -0.136. The second kappa shape index (κ2) is 9.25. The number of carbonyl (C=O) groups excluding carboxylic acids is 2. The average molecular weight is 462 g/mol. The Morgan fingerprint density at radius 2 is 2.03 bits per heavy atom. The zero-order valence-corrected chi connectivity index (χ0v) is 17.7. The van der Waals surface area contributed by atoms with E-state index >= 15 is 0 Å². The molecular weight excluding hydrogens is 440 g/mol. The Hall–Kier alpha value is -2.63. The monoisotopic (exact) mass is 462 g/mol. The van der Waals surface area contributed by atoms with E-state index in [1.807, 2.05) is 0 Å². The fourth-order valence-electron chi connectivity index (χ4n) is 3.29. The van der Waals surface area contributed by atoms with Crippen molar-refractivity contribution in [3.05, 3.63) is 22.6 Å². The summed E-state index contributed by atoms with van der Waals surface area (Å²) in [5.41, 5.74) is -0.746. The largest absolute Gasteiger partial charge is 0.446 e. The Morgan fingerprint density at radius 1 is 1.35 bits per heavy atom. The lowest BCUT2D eigenvalue weighted by Gasteiger charge is -2.33. The number of alkyl halides is 4. The summed E-state index contributed by atoms with van der Waals surface area (Å²) in [7, 11) is 1.40. The number of halogens is 4. The van der Waals surface area contributed by atoms with Gasteiger partial charge in [-0.25, -0.2) is 14.2 Å². The van der Waals surface area contributed by atoms with Crippen LogP contribution in [0.1, 0.15) is 35.7 Å². The summed E-state index contributed by atoms with van der Waals surface area (Å²) in [6.45, 7) is 1.41. The minimum atomic E-state index is -4.60. The van der Waals surface area contributed by atoms with Gasteiger partial charge in [-0.15, -0.1) is 11.3 Å². The van der Waals surface area contributed by atoms with E-state index in [-0.39, 0.29) is 21.6 Å². The number of piperidine rings is 1. The highest BCUT2D eigenvalue weighted by Gasteiger charge is 2.36. The number of anilines is 1. The van der Waals surface area contributed by atoms with Crippen molar-refractivity contribution < 1.29 is 31.9 Å². The maximum atomic E-state index is 13.7. The molecule has 0 saturated carbocycles. The number of hydrogen-bond donors (Lipinski definition) is 2. The molecule has 1 fully saturated rings. The zero-order chi connectivity index (χ0) is 22.8. The van der Waals surface area contributed by atoms with Crippen LogP contribution in [-0.4, -0.2) is 55.9 Å². The van der Waals surface area contributed by atoms with E-state index in [2.05, 4.69) is 15.6 Å². The molecule has 2 amide bonds. The molecule has 3 heterocycles. The molecule has 1 saturated heterocycles. The minimum absolute atomic E-state index is 0.00661. The average Bonchev–Trinajstić information content (AvgIpc) is 3.16. The topological polar surface area (TPSA) is 83.6 Å². The number of alkyl carbamates (subject to hydrolysis) is 1. The third-order valence-corrected chi connectivity index (χ3v) is 5.92. The second-order valence-corrected chi connectivity index (χ2v) is 8.10. The molecule has 1 atom stereocenters. The number of rotatable bonds is 5. The van der Waals surface area contributed by atoms with Gasteiger partial charge in [-0.1, -0.05) is 0 Å². The van der Waals surface area contributed by atoms with Crippen molar-refractivity contribution in [2.45, 2.75) is 38.1 Å². The number of aromatic nitrogens is 1. The van der Waals surface area contributed by atoms with Gasteiger partial charge in [-0.2, -0.15) is 13.2 Å². The molecule has 12 heteroatoms. The number of amides is 2. The molecular formula is C19H22F4N4O3S. The molecule has 2 aromatic rings. The highest BCUT2D eigenvalue weighted by molar-refractivity contribution is 7.17. The third kappa shape index (κ3) is 5.17. The van der Waals surface area contributed by atoms with Crippen LogP contribution in [-0.2, 0) is 10.9 Å².